The van der Waals surface area contributed by atoms with Crippen LogP contribution < -0.4 is 0 Å². The van der Waals surface area contributed by atoms with Crippen molar-refractivity contribution >= 4 is 40.6 Å². The van der Waals surface area contributed by atoms with Crippen molar-refractivity contribution in [3.8, 4) is 0 Å². The molecule has 1 saturated heterocycles. The van der Waals surface area contributed by atoms with E-state index in [4.69, 9.17) is 0 Å². The summed E-state index contributed by atoms with van der Waals surface area (Å²) < 4.78 is 0. The minimum Gasteiger partial charge on any atom is -0.298 e. The van der Waals surface area contributed by atoms with Crippen LogP contribution in [0.4, 0.5) is 0 Å². The number of thioether (sulfide) groups is 2. The smallest absolute Gasteiger partial charge is 0.153 e. The van der Waals surface area contributed by atoms with Gasteiger partial charge in [0.05, 0.1) is 11.7 Å². The van der Waals surface area contributed by atoms with Gasteiger partial charge >= 0.3 is 0 Å². The number of Topliss-reactive ketones (excluding diaryl/α,β-unsaturated/α-hetero) is 1. The molecule has 0 amide bonds. The van der Waals surface area contributed by atoms with Crippen LogP contribution >= 0.6 is 34.9 Å². The fourth-order valence-electron chi connectivity index (χ4n) is 1.70. The van der Waals surface area contributed by atoms with Gasteiger partial charge in [-0.1, -0.05) is 13.8 Å². The number of nitrogens with zero attached hydrogens (tertiary/aromatic N) is 1. The molecule has 0 N–H and O–H groups in total. The maximum atomic E-state index is 12.2. The molecule has 1 fully saturated rings. The first kappa shape index (κ1) is 13.4. The predicted octanol–water partition coefficient (Wildman–Crippen LogP) is 3.19. The Morgan fingerprint density at radius 1 is 1.47 bits per heavy atom. The lowest BCUT2D eigenvalue weighted by molar-refractivity contribution is -0.117. The summed E-state index contributed by atoms with van der Waals surface area (Å²) in [5.41, 5.74) is 1.02. The Hall–Kier alpha value is -0.0000000000000000555. The molecule has 2 rings (SSSR count). The molecule has 2 heterocycles. The van der Waals surface area contributed by atoms with Crippen LogP contribution in [-0.4, -0.2) is 32.3 Å². The van der Waals surface area contributed by atoms with Crippen LogP contribution in [0, 0.1) is 6.92 Å². The van der Waals surface area contributed by atoms with Crippen molar-refractivity contribution in [1.82, 2.24) is 4.98 Å². The van der Waals surface area contributed by atoms with Crippen molar-refractivity contribution in [2.24, 2.45) is 0 Å². The number of aryl methyl sites for hydroxylation is 1. The molecule has 0 radical (unpaired) electrons. The molecule has 3 unspecified atom stereocenters. The van der Waals surface area contributed by atoms with Crippen LogP contribution in [-0.2, 0) is 11.2 Å². The van der Waals surface area contributed by atoms with Crippen molar-refractivity contribution in [3.63, 3.8) is 0 Å². The largest absolute Gasteiger partial charge is 0.298 e. The monoisotopic (exact) mass is 287 g/mol. The van der Waals surface area contributed by atoms with E-state index in [0.29, 0.717) is 22.7 Å². The van der Waals surface area contributed by atoms with E-state index in [1.165, 1.54) is 0 Å². The number of carbonyl (C=O) groups excluding carboxylic acids is 1. The molecule has 3 atom stereocenters. The maximum absolute atomic E-state index is 12.2. The summed E-state index contributed by atoms with van der Waals surface area (Å²) in [6.45, 7) is 6.43. The molecule has 2 nitrogen and oxygen atoms in total. The minimum atomic E-state index is 0.162. The van der Waals surface area contributed by atoms with Crippen LogP contribution in [0.1, 0.15) is 24.5 Å². The highest BCUT2D eigenvalue weighted by Crippen LogP contribution is 2.36. The average molecular weight is 287 g/mol. The molecule has 0 bridgehead atoms. The first-order valence-electron chi connectivity index (χ1n) is 5.77. The lowest BCUT2D eigenvalue weighted by atomic mass is 10.2. The van der Waals surface area contributed by atoms with E-state index in [9.17, 15) is 4.79 Å². The van der Waals surface area contributed by atoms with Gasteiger partial charge in [0.2, 0.25) is 0 Å². The normalized spacial score (nSPS) is 29.2. The minimum absolute atomic E-state index is 0.162. The molecule has 5 heteroatoms. The van der Waals surface area contributed by atoms with E-state index < -0.39 is 0 Å². The summed E-state index contributed by atoms with van der Waals surface area (Å²) in [6.07, 6.45) is 0.512. The van der Waals surface area contributed by atoms with Gasteiger partial charge in [0, 0.05) is 27.3 Å². The van der Waals surface area contributed by atoms with Gasteiger partial charge < -0.3 is 0 Å². The van der Waals surface area contributed by atoms with Gasteiger partial charge in [-0.3, -0.25) is 4.79 Å². The van der Waals surface area contributed by atoms with Gasteiger partial charge in [0.15, 0.2) is 5.78 Å². The number of ketones is 1. The third kappa shape index (κ3) is 3.48. The number of thiazole rings is 1. The number of hydrogen-bond donors (Lipinski definition) is 0. The first-order valence-corrected chi connectivity index (χ1v) is 8.64. The van der Waals surface area contributed by atoms with Crippen molar-refractivity contribution in [2.45, 2.75) is 42.9 Å². The van der Waals surface area contributed by atoms with E-state index >= 15 is 0 Å². The second-order valence-electron chi connectivity index (χ2n) is 4.39. The molecule has 1 aromatic heterocycles. The summed E-state index contributed by atoms with van der Waals surface area (Å²) in [7, 11) is 0. The summed E-state index contributed by atoms with van der Waals surface area (Å²) in [5, 5.41) is 4.36. The lowest BCUT2D eigenvalue weighted by Crippen LogP contribution is -2.32. The molecule has 17 heavy (non-hydrogen) atoms. The zero-order valence-electron chi connectivity index (χ0n) is 10.3. The Balaban J connectivity index is 1.92. The zero-order chi connectivity index (χ0) is 12.4. The highest BCUT2D eigenvalue weighted by atomic mass is 32.2. The molecule has 1 aromatic rings. The fourth-order valence-corrected chi connectivity index (χ4v) is 5.37. The number of aromatic nitrogens is 1. The van der Waals surface area contributed by atoms with Crippen LogP contribution in [0.2, 0.25) is 0 Å². The van der Waals surface area contributed by atoms with Gasteiger partial charge in [-0.15, -0.1) is 23.1 Å². The third-order valence-electron chi connectivity index (χ3n) is 2.90. The summed E-state index contributed by atoms with van der Waals surface area (Å²) in [5.74, 6) is 1.30. The standard InChI is InChI=1S/C12H17NOS3/c1-7-5-16-12(13-7)4-10(14)11-6-15-8(2)9(3)17-11/h5,8-9,11H,4,6H2,1-3H3. The zero-order valence-corrected chi connectivity index (χ0v) is 12.8. The highest BCUT2D eigenvalue weighted by molar-refractivity contribution is 8.08. The predicted molar refractivity (Wildman–Crippen MR) is 78.3 cm³/mol. The third-order valence-corrected chi connectivity index (χ3v) is 7.31. The van der Waals surface area contributed by atoms with Gasteiger partial charge in [-0.05, 0) is 6.92 Å². The van der Waals surface area contributed by atoms with Crippen LogP contribution in [0.15, 0.2) is 5.38 Å². The summed E-state index contributed by atoms with van der Waals surface area (Å²) >= 11 is 5.35. The molecule has 1 aliphatic heterocycles. The second-order valence-corrected chi connectivity index (χ2v) is 8.33. The number of carbonyl (C=O) groups is 1. The quantitative estimate of drug-likeness (QED) is 0.854. The Kier molecular flexibility index (Phi) is 4.55. The molecule has 0 aliphatic carbocycles. The van der Waals surface area contributed by atoms with E-state index in [1.807, 2.05) is 35.8 Å². The van der Waals surface area contributed by atoms with Gasteiger partial charge in [0.25, 0.3) is 0 Å². The average Bonchev–Trinajstić information content (AvgIpc) is 2.68. The molecule has 1 aliphatic rings. The summed E-state index contributed by atoms with van der Waals surface area (Å²) in [6, 6.07) is 0. The summed E-state index contributed by atoms with van der Waals surface area (Å²) in [4.78, 5) is 16.5. The molecule has 94 valence electrons. The Morgan fingerprint density at radius 3 is 2.82 bits per heavy atom. The van der Waals surface area contributed by atoms with E-state index in [-0.39, 0.29) is 5.25 Å². The maximum Gasteiger partial charge on any atom is 0.153 e. The van der Waals surface area contributed by atoms with Gasteiger partial charge in [0.1, 0.15) is 5.01 Å². The van der Waals surface area contributed by atoms with E-state index in [1.54, 1.807) is 11.3 Å². The lowest BCUT2D eigenvalue weighted by Gasteiger charge is -2.30. The molecular weight excluding hydrogens is 270 g/mol. The Labute approximate surface area is 115 Å². The van der Waals surface area contributed by atoms with E-state index in [2.05, 4.69) is 18.8 Å². The Bertz CT molecular complexity index is 404. The van der Waals surface area contributed by atoms with Gasteiger partial charge in [-0.25, -0.2) is 4.98 Å². The highest BCUT2D eigenvalue weighted by Gasteiger charge is 2.30. The number of rotatable bonds is 3. The van der Waals surface area contributed by atoms with E-state index in [0.717, 1.165) is 16.5 Å². The van der Waals surface area contributed by atoms with Crippen LogP contribution in [0.25, 0.3) is 0 Å². The molecule has 0 aromatic carbocycles. The SMILES string of the molecule is Cc1csc(CC(=O)C2CSC(C)C(C)S2)n1. The fraction of sp³-hybridized carbons (Fsp3) is 0.667. The number of hydrogen-bond acceptors (Lipinski definition) is 5. The second kappa shape index (κ2) is 5.76. The molecule has 0 saturated carbocycles. The van der Waals surface area contributed by atoms with Crippen molar-refractivity contribution in [2.75, 3.05) is 5.75 Å². The van der Waals surface area contributed by atoms with Crippen LogP contribution in [0.5, 0.6) is 0 Å². The molecule has 0 spiro atoms. The van der Waals surface area contributed by atoms with Gasteiger partial charge in [-0.2, -0.15) is 11.8 Å². The van der Waals surface area contributed by atoms with Crippen LogP contribution in [0.3, 0.4) is 0 Å². The topological polar surface area (TPSA) is 30.0 Å². The van der Waals surface area contributed by atoms with Crippen molar-refractivity contribution < 1.29 is 4.79 Å². The van der Waals surface area contributed by atoms with Crippen molar-refractivity contribution in [3.05, 3.63) is 16.1 Å². The molecular formula is C12H17NOS3. The Morgan fingerprint density at radius 2 is 2.24 bits per heavy atom. The van der Waals surface area contributed by atoms with Crippen molar-refractivity contribution in [1.29, 1.82) is 0 Å². The first-order chi connectivity index (χ1) is 8.06.